The lowest BCUT2D eigenvalue weighted by Crippen LogP contribution is -2.43. The highest BCUT2D eigenvalue weighted by molar-refractivity contribution is 5.43. The maximum atomic E-state index is 12.7. The fourth-order valence-corrected chi connectivity index (χ4v) is 4.78. The molecule has 1 aliphatic carbocycles. The number of aryl methyl sites for hydroxylation is 1. The number of H-pyrrole nitrogens is 1. The first-order valence-electron chi connectivity index (χ1n) is 10.2. The van der Waals surface area contributed by atoms with E-state index in [4.69, 9.17) is 9.72 Å². The number of nitrogens with one attached hydrogen (secondary N) is 1. The van der Waals surface area contributed by atoms with Gasteiger partial charge in [-0.25, -0.2) is 4.98 Å². The minimum absolute atomic E-state index is 0.0132. The lowest BCUT2D eigenvalue weighted by molar-refractivity contribution is 0.122. The number of aromatic amines is 1. The Bertz CT molecular complexity index is 911. The molecule has 0 atom stereocenters. The first-order valence-corrected chi connectivity index (χ1v) is 10.2. The van der Waals surface area contributed by atoms with Gasteiger partial charge in [-0.05, 0) is 44.7 Å². The highest BCUT2D eigenvalue weighted by Crippen LogP contribution is 2.45. The third kappa shape index (κ3) is 2.96. The van der Waals surface area contributed by atoms with Crippen molar-refractivity contribution < 1.29 is 4.74 Å². The van der Waals surface area contributed by atoms with Gasteiger partial charge in [0.05, 0.1) is 24.6 Å². The second-order valence-electron chi connectivity index (χ2n) is 8.12. The minimum Gasteiger partial charge on any atom is -0.378 e. The SMILES string of the molecule is Cc1ccc(N2CCC3(CCc4c3nc(N3CCOCC3)[nH]c4=O)CC2)nn1. The fraction of sp³-hybridized carbons (Fsp3) is 0.600. The molecule has 0 radical (unpaired) electrons. The van der Waals surface area contributed by atoms with Gasteiger partial charge in [0.1, 0.15) is 0 Å². The van der Waals surface area contributed by atoms with Gasteiger partial charge in [-0.3, -0.25) is 9.78 Å². The molecule has 0 amide bonds. The van der Waals surface area contributed by atoms with Crippen molar-refractivity contribution in [2.24, 2.45) is 0 Å². The van der Waals surface area contributed by atoms with Gasteiger partial charge < -0.3 is 14.5 Å². The summed E-state index contributed by atoms with van der Waals surface area (Å²) in [5.41, 5.74) is 2.91. The Balaban J connectivity index is 1.40. The second kappa shape index (κ2) is 6.84. The van der Waals surface area contributed by atoms with Crippen molar-refractivity contribution in [2.45, 2.75) is 38.0 Å². The normalized spacial score (nSPS) is 21.2. The summed E-state index contributed by atoms with van der Waals surface area (Å²) in [4.78, 5) is 25.2. The van der Waals surface area contributed by atoms with Crippen LogP contribution >= 0.6 is 0 Å². The van der Waals surface area contributed by atoms with E-state index in [-0.39, 0.29) is 11.0 Å². The van der Waals surface area contributed by atoms with E-state index in [2.05, 4.69) is 25.0 Å². The lowest BCUT2D eigenvalue weighted by atomic mass is 9.76. The maximum absolute atomic E-state index is 12.7. The molecule has 2 aliphatic heterocycles. The van der Waals surface area contributed by atoms with E-state index in [9.17, 15) is 4.79 Å². The Morgan fingerprint density at radius 2 is 1.82 bits per heavy atom. The van der Waals surface area contributed by atoms with E-state index in [0.29, 0.717) is 19.2 Å². The van der Waals surface area contributed by atoms with Crippen LogP contribution in [0.15, 0.2) is 16.9 Å². The third-order valence-electron chi connectivity index (χ3n) is 6.50. The van der Waals surface area contributed by atoms with Crippen LogP contribution in [-0.2, 0) is 16.6 Å². The third-order valence-corrected chi connectivity index (χ3v) is 6.50. The van der Waals surface area contributed by atoms with E-state index < -0.39 is 0 Å². The minimum atomic E-state index is 0.0132. The molecular formula is C20H26N6O2. The molecule has 0 bridgehead atoms. The van der Waals surface area contributed by atoms with Gasteiger partial charge in [-0.1, -0.05) is 0 Å². The topological polar surface area (TPSA) is 87.2 Å². The molecule has 3 aliphatic rings. The zero-order valence-corrected chi connectivity index (χ0v) is 16.3. The Morgan fingerprint density at radius 1 is 1.04 bits per heavy atom. The van der Waals surface area contributed by atoms with E-state index in [1.807, 2.05) is 19.1 Å². The van der Waals surface area contributed by atoms with Gasteiger partial charge in [0.25, 0.3) is 5.56 Å². The quantitative estimate of drug-likeness (QED) is 0.835. The number of ether oxygens (including phenoxy) is 1. The van der Waals surface area contributed by atoms with E-state index in [1.165, 1.54) is 0 Å². The molecule has 5 rings (SSSR count). The average Bonchev–Trinajstić information content (AvgIpc) is 3.09. The van der Waals surface area contributed by atoms with Crippen LogP contribution in [0, 0.1) is 6.92 Å². The number of piperidine rings is 1. The van der Waals surface area contributed by atoms with Crippen LogP contribution in [0.3, 0.4) is 0 Å². The first kappa shape index (κ1) is 17.6. The van der Waals surface area contributed by atoms with Crippen LogP contribution in [0.4, 0.5) is 11.8 Å². The fourth-order valence-electron chi connectivity index (χ4n) is 4.78. The molecule has 2 fully saturated rings. The van der Waals surface area contributed by atoms with Gasteiger partial charge in [-0.2, -0.15) is 5.10 Å². The number of anilines is 2. The van der Waals surface area contributed by atoms with Crippen molar-refractivity contribution >= 4 is 11.8 Å². The number of nitrogens with zero attached hydrogens (tertiary/aromatic N) is 5. The number of rotatable bonds is 2. The van der Waals surface area contributed by atoms with Crippen molar-refractivity contribution in [3.63, 3.8) is 0 Å². The van der Waals surface area contributed by atoms with Crippen molar-refractivity contribution in [2.75, 3.05) is 49.2 Å². The summed E-state index contributed by atoms with van der Waals surface area (Å²) in [6.45, 7) is 6.68. The monoisotopic (exact) mass is 382 g/mol. The summed E-state index contributed by atoms with van der Waals surface area (Å²) in [7, 11) is 0. The molecule has 8 nitrogen and oxygen atoms in total. The first-order chi connectivity index (χ1) is 13.6. The van der Waals surface area contributed by atoms with Gasteiger partial charge in [0.2, 0.25) is 5.95 Å². The summed E-state index contributed by atoms with van der Waals surface area (Å²) in [5, 5.41) is 8.53. The molecule has 2 aromatic rings. The molecule has 0 aromatic carbocycles. The number of aromatic nitrogens is 4. The highest BCUT2D eigenvalue weighted by Gasteiger charge is 2.44. The summed E-state index contributed by atoms with van der Waals surface area (Å²) in [6, 6.07) is 4.05. The molecule has 2 saturated heterocycles. The highest BCUT2D eigenvalue weighted by atomic mass is 16.5. The molecule has 148 valence electrons. The Morgan fingerprint density at radius 3 is 2.54 bits per heavy atom. The standard InChI is InChI=1S/C20H26N6O2/c1-14-2-3-16(24-23-14)25-8-6-20(7-9-25)5-4-15-17(20)21-19(22-18(15)27)26-10-12-28-13-11-26/h2-3H,4-13H2,1H3,(H,21,22,27). The molecule has 0 saturated carbocycles. The molecule has 1 N–H and O–H groups in total. The van der Waals surface area contributed by atoms with Gasteiger partial charge in [0.15, 0.2) is 5.82 Å². The molecule has 0 unspecified atom stereocenters. The molecule has 2 aromatic heterocycles. The van der Waals surface area contributed by atoms with Gasteiger partial charge in [-0.15, -0.1) is 5.10 Å². The Hall–Kier alpha value is -2.48. The average molecular weight is 382 g/mol. The van der Waals surface area contributed by atoms with E-state index in [1.54, 1.807) is 0 Å². The molecule has 1 spiro atoms. The lowest BCUT2D eigenvalue weighted by Gasteiger charge is -2.40. The predicted molar refractivity (Wildman–Crippen MR) is 106 cm³/mol. The van der Waals surface area contributed by atoms with Crippen molar-refractivity contribution in [3.8, 4) is 0 Å². The summed E-state index contributed by atoms with van der Waals surface area (Å²) >= 11 is 0. The van der Waals surface area contributed by atoms with Crippen molar-refractivity contribution in [1.29, 1.82) is 0 Å². The second-order valence-corrected chi connectivity index (χ2v) is 8.12. The number of morpholine rings is 1. The summed E-state index contributed by atoms with van der Waals surface area (Å²) in [5.74, 6) is 1.65. The van der Waals surface area contributed by atoms with Crippen LogP contribution in [0.1, 0.15) is 36.2 Å². The van der Waals surface area contributed by atoms with E-state index in [0.717, 1.165) is 74.6 Å². The van der Waals surface area contributed by atoms with Crippen molar-refractivity contribution in [1.82, 2.24) is 20.2 Å². The maximum Gasteiger partial charge on any atom is 0.255 e. The molecular weight excluding hydrogens is 356 g/mol. The summed E-state index contributed by atoms with van der Waals surface area (Å²) in [6.07, 6.45) is 3.83. The number of fused-ring (bicyclic) bond motifs is 2. The van der Waals surface area contributed by atoms with Crippen molar-refractivity contribution in [3.05, 3.63) is 39.4 Å². The van der Waals surface area contributed by atoms with Gasteiger partial charge in [0, 0.05) is 37.2 Å². The van der Waals surface area contributed by atoms with Gasteiger partial charge >= 0.3 is 0 Å². The van der Waals surface area contributed by atoms with Crippen LogP contribution in [0.25, 0.3) is 0 Å². The number of hydrogen-bond acceptors (Lipinski definition) is 7. The van der Waals surface area contributed by atoms with Crippen LogP contribution in [-0.4, -0.2) is 59.6 Å². The molecule has 8 heteroatoms. The zero-order valence-electron chi connectivity index (χ0n) is 16.3. The largest absolute Gasteiger partial charge is 0.378 e. The van der Waals surface area contributed by atoms with E-state index >= 15 is 0 Å². The molecule has 4 heterocycles. The predicted octanol–water partition coefficient (Wildman–Crippen LogP) is 1.19. The van der Waals surface area contributed by atoms with Crippen LogP contribution < -0.4 is 15.4 Å². The summed E-state index contributed by atoms with van der Waals surface area (Å²) < 4.78 is 5.44. The Labute approximate surface area is 163 Å². The Kier molecular flexibility index (Phi) is 4.30. The number of hydrogen-bond donors (Lipinski definition) is 1. The molecule has 28 heavy (non-hydrogen) atoms. The van der Waals surface area contributed by atoms with Crippen LogP contribution in [0.2, 0.25) is 0 Å². The smallest absolute Gasteiger partial charge is 0.255 e. The van der Waals surface area contributed by atoms with Crippen LogP contribution in [0.5, 0.6) is 0 Å². The zero-order chi connectivity index (χ0) is 19.1.